The van der Waals surface area contributed by atoms with Crippen LogP contribution in [0.2, 0.25) is 0 Å². The van der Waals surface area contributed by atoms with Crippen molar-refractivity contribution >= 4 is 21.8 Å². The van der Waals surface area contributed by atoms with Crippen molar-refractivity contribution in [3.63, 3.8) is 0 Å². The second-order valence-corrected chi connectivity index (χ2v) is 6.73. The highest BCUT2D eigenvalue weighted by Gasteiger charge is 2.20. The lowest BCUT2D eigenvalue weighted by Crippen LogP contribution is -2.44. The molecule has 0 saturated heterocycles. The summed E-state index contributed by atoms with van der Waals surface area (Å²) in [7, 11) is 3.61. The zero-order valence-electron chi connectivity index (χ0n) is 13.0. The molecule has 0 saturated carbocycles. The second-order valence-electron chi connectivity index (χ2n) is 5.88. The quantitative estimate of drug-likeness (QED) is 0.861. The third-order valence-electron chi connectivity index (χ3n) is 3.22. The van der Waals surface area contributed by atoms with Gasteiger partial charge in [0, 0.05) is 25.1 Å². The molecular weight excluding hydrogens is 316 g/mol. The van der Waals surface area contributed by atoms with Crippen LogP contribution in [0.5, 0.6) is 0 Å². The zero-order valence-corrected chi connectivity index (χ0v) is 14.6. The van der Waals surface area contributed by atoms with Crippen LogP contribution in [0.15, 0.2) is 22.7 Å². The standard InChI is InChI=1S/C16H25BrN2O/c1-11(2)8-15(16(20)19(4)5)18-10-13-6-7-14(17)12(3)9-13/h6-7,9,11,15,18H,8,10H2,1-5H3. The van der Waals surface area contributed by atoms with Crippen LogP contribution in [-0.2, 0) is 11.3 Å². The highest BCUT2D eigenvalue weighted by molar-refractivity contribution is 9.10. The fraction of sp³-hybridized carbons (Fsp3) is 0.562. The number of nitrogens with one attached hydrogen (secondary N) is 1. The molecule has 0 bridgehead atoms. The lowest BCUT2D eigenvalue weighted by atomic mass is 10.0. The molecule has 1 rings (SSSR count). The van der Waals surface area contributed by atoms with Crippen molar-refractivity contribution in [2.45, 2.75) is 39.8 Å². The van der Waals surface area contributed by atoms with Crippen LogP contribution in [-0.4, -0.2) is 30.9 Å². The third kappa shape index (κ3) is 5.25. The van der Waals surface area contributed by atoms with Crippen LogP contribution >= 0.6 is 15.9 Å². The highest BCUT2D eigenvalue weighted by atomic mass is 79.9. The van der Waals surface area contributed by atoms with Crippen LogP contribution in [0.4, 0.5) is 0 Å². The number of halogens is 1. The van der Waals surface area contributed by atoms with Crippen LogP contribution in [0, 0.1) is 12.8 Å². The molecule has 1 amide bonds. The van der Waals surface area contributed by atoms with Gasteiger partial charge in [-0.2, -0.15) is 0 Å². The Morgan fingerprint density at radius 1 is 1.35 bits per heavy atom. The van der Waals surface area contributed by atoms with E-state index in [0.29, 0.717) is 12.5 Å². The van der Waals surface area contributed by atoms with Crippen LogP contribution in [0.25, 0.3) is 0 Å². The van der Waals surface area contributed by atoms with Gasteiger partial charge in [0.25, 0.3) is 0 Å². The SMILES string of the molecule is Cc1cc(CNC(CC(C)C)C(=O)N(C)C)ccc1Br. The molecule has 1 aromatic rings. The van der Waals surface area contributed by atoms with Crippen molar-refractivity contribution in [3.05, 3.63) is 33.8 Å². The van der Waals surface area contributed by atoms with Gasteiger partial charge < -0.3 is 10.2 Å². The number of amides is 1. The number of rotatable bonds is 6. The van der Waals surface area contributed by atoms with Gasteiger partial charge in [0.15, 0.2) is 0 Å². The van der Waals surface area contributed by atoms with Crippen LogP contribution in [0.3, 0.4) is 0 Å². The van der Waals surface area contributed by atoms with Gasteiger partial charge in [0.2, 0.25) is 5.91 Å². The molecule has 0 fully saturated rings. The van der Waals surface area contributed by atoms with E-state index in [0.717, 1.165) is 10.9 Å². The minimum Gasteiger partial charge on any atom is -0.347 e. The number of benzene rings is 1. The third-order valence-corrected chi connectivity index (χ3v) is 4.11. The Morgan fingerprint density at radius 2 is 2.00 bits per heavy atom. The maximum atomic E-state index is 12.2. The number of hydrogen-bond acceptors (Lipinski definition) is 2. The number of likely N-dealkylation sites (N-methyl/N-ethyl adjacent to an activating group) is 1. The van der Waals surface area contributed by atoms with Gasteiger partial charge in [-0.05, 0) is 36.5 Å². The Hall–Kier alpha value is -0.870. The molecule has 1 aromatic carbocycles. The molecule has 0 aliphatic carbocycles. The van der Waals surface area contributed by atoms with Gasteiger partial charge in [-0.3, -0.25) is 4.79 Å². The van der Waals surface area contributed by atoms with Crippen molar-refractivity contribution in [1.29, 1.82) is 0 Å². The fourth-order valence-corrected chi connectivity index (χ4v) is 2.36. The van der Waals surface area contributed by atoms with Gasteiger partial charge in [0.1, 0.15) is 0 Å². The summed E-state index contributed by atoms with van der Waals surface area (Å²) in [5.74, 6) is 0.635. The Morgan fingerprint density at radius 3 is 2.50 bits per heavy atom. The van der Waals surface area contributed by atoms with Gasteiger partial charge in [-0.1, -0.05) is 41.9 Å². The summed E-state index contributed by atoms with van der Waals surface area (Å²) in [5.41, 5.74) is 2.41. The van der Waals surface area contributed by atoms with E-state index in [4.69, 9.17) is 0 Å². The van der Waals surface area contributed by atoms with Gasteiger partial charge in [0.05, 0.1) is 6.04 Å². The number of carbonyl (C=O) groups is 1. The summed E-state index contributed by atoms with van der Waals surface area (Å²) in [6, 6.07) is 6.16. The van der Waals surface area contributed by atoms with E-state index in [9.17, 15) is 4.79 Å². The monoisotopic (exact) mass is 340 g/mol. The fourth-order valence-electron chi connectivity index (χ4n) is 2.11. The van der Waals surface area contributed by atoms with Crippen molar-refractivity contribution in [1.82, 2.24) is 10.2 Å². The maximum Gasteiger partial charge on any atom is 0.239 e. The second kappa shape index (κ2) is 7.79. The number of nitrogens with zero attached hydrogens (tertiary/aromatic N) is 1. The lowest BCUT2D eigenvalue weighted by molar-refractivity contribution is -0.131. The summed E-state index contributed by atoms with van der Waals surface area (Å²) in [4.78, 5) is 13.8. The van der Waals surface area contributed by atoms with Gasteiger partial charge >= 0.3 is 0 Å². The Kier molecular flexibility index (Phi) is 6.69. The van der Waals surface area contributed by atoms with Gasteiger partial charge in [-0.25, -0.2) is 0 Å². The molecule has 0 radical (unpaired) electrons. The molecule has 0 aliphatic rings. The molecule has 1 atom stereocenters. The first-order chi connectivity index (χ1) is 9.31. The molecule has 4 heteroatoms. The number of aryl methyl sites for hydroxylation is 1. The van der Waals surface area contributed by atoms with E-state index in [1.54, 1.807) is 19.0 Å². The molecule has 3 nitrogen and oxygen atoms in total. The van der Waals surface area contributed by atoms with Crippen LogP contribution < -0.4 is 5.32 Å². The molecule has 0 heterocycles. The minimum atomic E-state index is -0.117. The molecule has 0 aliphatic heterocycles. The van der Waals surface area contributed by atoms with Crippen LogP contribution in [0.1, 0.15) is 31.4 Å². The largest absolute Gasteiger partial charge is 0.347 e. The first kappa shape index (κ1) is 17.2. The summed E-state index contributed by atoms with van der Waals surface area (Å²) < 4.78 is 1.12. The zero-order chi connectivity index (χ0) is 15.3. The number of carbonyl (C=O) groups excluding carboxylic acids is 1. The van der Waals surface area contributed by atoms with E-state index < -0.39 is 0 Å². The van der Waals surface area contributed by atoms with E-state index >= 15 is 0 Å². The first-order valence-electron chi connectivity index (χ1n) is 7.00. The normalized spacial score (nSPS) is 12.6. The summed E-state index contributed by atoms with van der Waals surface area (Å²) >= 11 is 3.50. The topological polar surface area (TPSA) is 32.3 Å². The molecule has 0 spiro atoms. The maximum absolute atomic E-state index is 12.2. The molecule has 20 heavy (non-hydrogen) atoms. The predicted molar refractivity (Wildman–Crippen MR) is 87.7 cm³/mol. The number of hydrogen-bond donors (Lipinski definition) is 1. The summed E-state index contributed by atoms with van der Waals surface area (Å²) in [6.45, 7) is 7.07. The molecule has 1 N–H and O–H groups in total. The molecule has 0 aromatic heterocycles. The van der Waals surface area contributed by atoms with Crippen molar-refractivity contribution in [3.8, 4) is 0 Å². The van der Waals surface area contributed by atoms with E-state index in [1.807, 2.05) is 0 Å². The average Bonchev–Trinajstić information content (AvgIpc) is 2.37. The molecular formula is C16H25BrN2O. The Labute approximate surface area is 130 Å². The highest BCUT2D eigenvalue weighted by Crippen LogP contribution is 2.17. The minimum absolute atomic E-state index is 0.117. The van der Waals surface area contributed by atoms with E-state index in [2.05, 4.69) is 60.2 Å². The van der Waals surface area contributed by atoms with E-state index in [1.165, 1.54) is 11.1 Å². The van der Waals surface area contributed by atoms with Crippen molar-refractivity contribution in [2.24, 2.45) is 5.92 Å². The van der Waals surface area contributed by atoms with Gasteiger partial charge in [-0.15, -0.1) is 0 Å². The smallest absolute Gasteiger partial charge is 0.239 e. The molecule has 1 unspecified atom stereocenters. The average molecular weight is 341 g/mol. The lowest BCUT2D eigenvalue weighted by Gasteiger charge is -2.23. The van der Waals surface area contributed by atoms with E-state index in [-0.39, 0.29) is 11.9 Å². The van der Waals surface area contributed by atoms with Crippen molar-refractivity contribution in [2.75, 3.05) is 14.1 Å². The Bertz CT molecular complexity index is 458. The first-order valence-corrected chi connectivity index (χ1v) is 7.80. The summed E-state index contributed by atoms with van der Waals surface area (Å²) in [6.07, 6.45) is 0.854. The van der Waals surface area contributed by atoms with Crippen molar-refractivity contribution < 1.29 is 4.79 Å². The predicted octanol–water partition coefficient (Wildman–Crippen LogP) is 3.35. The summed E-state index contributed by atoms with van der Waals surface area (Å²) in [5, 5.41) is 3.39. The molecule has 112 valence electrons. The Balaban J connectivity index is 2.70.